The first-order valence-electron chi connectivity index (χ1n) is 11.1. The minimum Gasteiger partial charge on any atom is -0.350 e. The molecule has 176 valence electrons. The maximum Gasteiger partial charge on any atom is 0.233 e. The third kappa shape index (κ3) is 5.16. The molecule has 1 aliphatic carbocycles. The van der Waals surface area contributed by atoms with Crippen LogP contribution in [0.25, 0.3) is 0 Å². The zero-order chi connectivity index (χ0) is 22.7. The van der Waals surface area contributed by atoms with Crippen LogP contribution in [0.1, 0.15) is 43.6 Å². The van der Waals surface area contributed by atoms with Gasteiger partial charge in [0.2, 0.25) is 12.3 Å². The van der Waals surface area contributed by atoms with Gasteiger partial charge >= 0.3 is 0 Å². The van der Waals surface area contributed by atoms with Crippen LogP contribution in [0.2, 0.25) is 0 Å². The Balaban J connectivity index is 1.42. The molecule has 1 saturated carbocycles. The third-order valence-corrected chi connectivity index (χ3v) is 6.52. The van der Waals surface area contributed by atoms with Crippen molar-refractivity contribution in [2.75, 3.05) is 31.3 Å². The van der Waals surface area contributed by atoms with E-state index in [-0.39, 0.29) is 55.9 Å². The minimum absolute atomic E-state index is 0.0932. The van der Waals surface area contributed by atoms with Gasteiger partial charge in [0.15, 0.2) is 11.6 Å². The van der Waals surface area contributed by atoms with Crippen molar-refractivity contribution in [2.24, 2.45) is 11.8 Å². The molecule has 32 heavy (non-hydrogen) atoms. The third-order valence-electron chi connectivity index (χ3n) is 6.52. The number of hydrogen-bond donors (Lipinski definition) is 2. The van der Waals surface area contributed by atoms with E-state index < -0.39 is 11.7 Å². The van der Waals surface area contributed by atoms with Crippen molar-refractivity contribution < 1.29 is 28.7 Å². The molecule has 0 unspecified atom stereocenters. The van der Waals surface area contributed by atoms with Crippen LogP contribution < -0.4 is 10.2 Å². The fraction of sp³-hybridized carbons (Fsp3) is 0.714. The highest BCUT2D eigenvalue weighted by Crippen LogP contribution is 2.31. The molecule has 1 aromatic heterocycles. The Morgan fingerprint density at radius 1 is 1.31 bits per heavy atom. The van der Waals surface area contributed by atoms with Crippen LogP contribution in [-0.2, 0) is 25.6 Å². The molecule has 2 aliphatic heterocycles. The lowest BCUT2D eigenvalue weighted by Gasteiger charge is -2.23. The summed E-state index contributed by atoms with van der Waals surface area (Å²) in [4.78, 5) is 33.9. The van der Waals surface area contributed by atoms with Gasteiger partial charge in [-0.3, -0.25) is 14.8 Å². The van der Waals surface area contributed by atoms with E-state index in [0.717, 1.165) is 25.7 Å². The second kappa shape index (κ2) is 10.1. The summed E-state index contributed by atoms with van der Waals surface area (Å²) in [7, 11) is 0. The Bertz CT molecular complexity index is 825. The molecule has 0 aromatic carbocycles. The lowest BCUT2D eigenvalue weighted by Crippen LogP contribution is -2.38. The van der Waals surface area contributed by atoms with Crippen molar-refractivity contribution >= 4 is 18.1 Å². The van der Waals surface area contributed by atoms with E-state index in [9.17, 15) is 14.8 Å². The van der Waals surface area contributed by atoms with E-state index in [2.05, 4.69) is 15.3 Å². The van der Waals surface area contributed by atoms with Crippen LogP contribution in [0.5, 0.6) is 0 Å². The van der Waals surface area contributed by atoms with Gasteiger partial charge in [-0.15, -0.1) is 0 Å². The Morgan fingerprint density at radius 3 is 2.66 bits per heavy atom. The molecule has 4 rings (SSSR count). The monoisotopic (exact) mass is 451 g/mol. The van der Waals surface area contributed by atoms with Crippen molar-refractivity contribution in [3.05, 3.63) is 17.3 Å². The normalized spacial score (nSPS) is 23.9. The highest BCUT2D eigenvalue weighted by molar-refractivity contribution is 5.79. The van der Waals surface area contributed by atoms with Gasteiger partial charge in [-0.1, -0.05) is 25.7 Å². The summed E-state index contributed by atoms with van der Waals surface area (Å²) < 4.78 is 26.2. The van der Waals surface area contributed by atoms with Crippen molar-refractivity contribution in [2.45, 2.75) is 57.8 Å². The van der Waals surface area contributed by atoms with Gasteiger partial charge in [-0.25, -0.2) is 19.4 Å². The molecule has 2 N–H and O–H groups in total. The van der Waals surface area contributed by atoms with Crippen molar-refractivity contribution in [3.8, 4) is 0 Å². The fourth-order valence-electron chi connectivity index (χ4n) is 4.88. The van der Waals surface area contributed by atoms with Crippen LogP contribution in [-0.4, -0.2) is 71.2 Å². The zero-order valence-corrected chi connectivity index (χ0v) is 18.2. The average Bonchev–Trinajstić information content (AvgIpc) is 3.51. The summed E-state index contributed by atoms with van der Waals surface area (Å²) in [5.41, 5.74) is 0.0932. The number of anilines is 1. The first-order chi connectivity index (χ1) is 15.4. The first-order valence-corrected chi connectivity index (χ1v) is 11.1. The zero-order valence-electron chi connectivity index (χ0n) is 18.2. The molecule has 0 spiro atoms. The van der Waals surface area contributed by atoms with E-state index in [0.29, 0.717) is 36.3 Å². The maximum absolute atomic E-state index is 15.2. The van der Waals surface area contributed by atoms with Gasteiger partial charge in [0.25, 0.3) is 0 Å². The van der Waals surface area contributed by atoms with E-state index in [1.807, 2.05) is 0 Å². The molecule has 0 radical (unpaired) electrons. The van der Waals surface area contributed by atoms with Gasteiger partial charge in [-0.2, -0.15) is 0 Å². The number of carbonyl (C=O) groups is 2. The van der Waals surface area contributed by atoms with Crippen LogP contribution >= 0.6 is 0 Å². The molecule has 0 bridgehead atoms. The molecule has 1 aromatic rings. The van der Waals surface area contributed by atoms with E-state index in [1.165, 1.54) is 0 Å². The molecule has 3 atom stereocenters. The number of hydroxylamine groups is 2. The lowest BCUT2D eigenvalue weighted by atomic mass is 9.92. The van der Waals surface area contributed by atoms with Crippen LogP contribution in [0, 0.1) is 24.6 Å². The second-order valence-corrected chi connectivity index (χ2v) is 8.82. The second-order valence-electron chi connectivity index (χ2n) is 8.82. The van der Waals surface area contributed by atoms with Crippen molar-refractivity contribution in [1.82, 2.24) is 20.3 Å². The quantitative estimate of drug-likeness (QED) is 0.326. The number of ether oxygens (including phenoxy) is 2. The van der Waals surface area contributed by atoms with Crippen molar-refractivity contribution in [1.29, 1.82) is 0 Å². The molecule has 3 aliphatic rings. The number of nitrogens with one attached hydrogen (secondary N) is 1. The van der Waals surface area contributed by atoms with Gasteiger partial charge in [-0.05, 0) is 19.3 Å². The number of halogens is 1. The van der Waals surface area contributed by atoms with E-state index in [4.69, 9.17) is 9.47 Å². The summed E-state index contributed by atoms with van der Waals surface area (Å²) in [5, 5.41) is 12.8. The molecular formula is C21H30FN5O5. The standard InChI is InChI=1S/C21H30FN5O5/c1-13-24-16(19(22)20(25-13)26-9-17-18(10-26)32-12-31-17)7-23-21(29)15(8-27(30)11-28)6-14-4-2-3-5-14/h11,14-15,17-18,30H,2-10,12H2,1H3,(H,23,29)/t15-,17-,18+/m1/s1. The largest absolute Gasteiger partial charge is 0.350 e. The molecule has 11 heteroatoms. The molecular weight excluding hydrogens is 421 g/mol. The number of aryl methyl sites for hydroxylation is 1. The summed E-state index contributed by atoms with van der Waals surface area (Å²) in [6.07, 6.45) is 4.95. The summed E-state index contributed by atoms with van der Waals surface area (Å²) in [6.45, 7) is 2.68. The summed E-state index contributed by atoms with van der Waals surface area (Å²) >= 11 is 0. The summed E-state index contributed by atoms with van der Waals surface area (Å²) in [5.74, 6) is -0.546. The Labute approximate surface area is 186 Å². The number of amides is 2. The predicted molar refractivity (Wildman–Crippen MR) is 110 cm³/mol. The highest BCUT2D eigenvalue weighted by atomic mass is 19.1. The minimum atomic E-state index is -0.583. The highest BCUT2D eigenvalue weighted by Gasteiger charge is 2.40. The number of carbonyl (C=O) groups excluding carboxylic acids is 2. The Hall–Kier alpha value is -2.37. The number of rotatable bonds is 9. The van der Waals surface area contributed by atoms with Gasteiger partial charge in [0.05, 0.1) is 19.0 Å². The number of fused-ring (bicyclic) bond motifs is 1. The maximum atomic E-state index is 15.2. The molecule has 10 nitrogen and oxygen atoms in total. The Kier molecular flexibility index (Phi) is 7.17. The molecule has 2 saturated heterocycles. The number of hydrogen-bond acceptors (Lipinski definition) is 8. The molecule has 3 heterocycles. The smallest absolute Gasteiger partial charge is 0.233 e. The first kappa shape index (κ1) is 22.8. The molecule has 2 amide bonds. The number of aromatic nitrogens is 2. The van der Waals surface area contributed by atoms with Gasteiger partial charge < -0.3 is 19.7 Å². The van der Waals surface area contributed by atoms with Crippen LogP contribution in [0.4, 0.5) is 10.2 Å². The van der Waals surface area contributed by atoms with Gasteiger partial charge in [0, 0.05) is 13.1 Å². The SMILES string of the molecule is Cc1nc(CNC(=O)[C@H](CC2CCCC2)CN(O)C=O)c(F)c(N2C[C@@H]3OCO[C@@H]3C2)n1. The topological polar surface area (TPSA) is 117 Å². The van der Waals surface area contributed by atoms with Gasteiger partial charge in [0.1, 0.15) is 30.5 Å². The molecule has 3 fully saturated rings. The van der Waals surface area contributed by atoms with Crippen LogP contribution in [0.3, 0.4) is 0 Å². The van der Waals surface area contributed by atoms with Crippen molar-refractivity contribution in [3.63, 3.8) is 0 Å². The van der Waals surface area contributed by atoms with E-state index in [1.54, 1.807) is 11.8 Å². The average molecular weight is 451 g/mol. The lowest BCUT2D eigenvalue weighted by molar-refractivity contribution is -0.155. The predicted octanol–water partition coefficient (Wildman–Crippen LogP) is 1.15. The Morgan fingerprint density at radius 2 is 2.00 bits per heavy atom. The van der Waals surface area contributed by atoms with Crippen LogP contribution in [0.15, 0.2) is 0 Å². The fourth-order valence-corrected chi connectivity index (χ4v) is 4.88. The van der Waals surface area contributed by atoms with E-state index >= 15 is 4.39 Å². The number of nitrogens with zero attached hydrogens (tertiary/aromatic N) is 4. The summed E-state index contributed by atoms with van der Waals surface area (Å²) in [6, 6.07) is 0.